The van der Waals surface area contributed by atoms with E-state index in [9.17, 15) is 9.59 Å². The predicted octanol–water partition coefficient (Wildman–Crippen LogP) is 3.69. The summed E-state index contributed by atoms with van der Waals surface area (Å²) in [6, 6.07) is 19.2. The van der Waals surface area contributed by atoms with Crippen LogP contribution in [-0.2, 0) is 16.1 Å². The van der Waals surface area contributed by atoms with Crippen LogP contribution in [0.5, 0.6) is 0 Å². The summed E-state index contributed by atoms with van der Waals surface area (Å²) in [5, 5.41) is 2.87. The minimum Gasteiger partial charge on any atom is -0.341 e. The Morgan fingerprint density at radius 1 is 0.960 bits per heavy atom. The highest BCUT2D eigenvalue weighted by Crippen LogP contribution is 2.16. The van der Waals surface area contributed by atoms with Gasteiger partial charge in [0.25, 0.3) is 0 Å². The molecular formula is C21H26N2O2. The van der Waals surface area contributed by atoms with Crippen LogP contribution in [0, 0.1) is 0 Å². The Morgan fingerprint density at radius 2 is 1.52 bits per heavy atom. The van der Waals surface area contributed by atoms with Crippen molar-refractivity contribution in [3.63, 3.8) is 0 Å². The zero-order chi connectivity index (χ0) is 18.2. The third kappa shape index (κ3) is 5.18. The van der Waals surface area contributed by atoms with Gasteiger partial charge < -0.3 is 10.2 Å². The van der Waals surface area contributed by atoms with E-state index in [2.05, 4.69) is 5.32 Å². The summed E-state index contributed by atoms with van der Waals surface area (Å²) in [6.45, 7) is 6.25. The fraction of sp³-hybridized carbons (Fsp3) is 0.333. The maximum absolute atomic E-state index is 12.7. The molecule has 0 unspecified atom stereocenters. The lowest BCUT2D eigenvalue weighted by molar-refractivity contribution is -0.147. The number of hydrogen-bond acceptors (Lipinski definition) is 2. The zero-order valence-electron chi connectivity index (χ0n) is 15.1. The highest BCUT2D eigenvalue weighted by Gasteiger charge is 2.26. The van der Waals surface area contributed by atoms with Gasteiger partial charge in [-0.05, 0) is 31.4 Å². The van der Waals surface area contributed by atoms with Crippen LogP contribution < -0.4 is 5.32 Å². The van der Waals surface area contributed by atoms with Gasteiger partial charge in [-0.15, -0.1) is 0 Å². The van der Waals surface area contributed by atoms with E-state index >= 15 is 0 Å². The van der Waals surface area contributed by atoms with E-state index < -0.39 is 11.8 Å². The highest BCUT2D eigenvalue weighted by molar-refractivity contribution is 6.35. The topological polar surface area (TPSA) is 49.4 Å². The molecule has 0 aliphatic heterocycles. The number of benzene rings is 2. The second-order valence-corrected chi connectivity index (χ2v) is 6.36. The molecule has 0 aliphatic rings. The summed E-state index contributed by atoms with van der Waals surface area (Å²) < 4.78 is 0. The molecular weight excluding hydrogens is 312 g/mol. The monoisotopic (exact) mass is 338 g/mol. The second-order valence-electron chi connectivity index (χ2n) is 6.36. The molecule has 0 saturated heterocycles. The first-order chi connectivity index (χ1) is 12.0. The standard InChI is InChI=1S/C21H26N2O2/c1-4-19(18-13-9-6-10-14-18)22-20(24)21(25)23(16(2)3)15-17-11-7-5-8-12-17/h5-14,16,19H,4,15H2,1-3H3,(H,22,24)/t19-/m1/s1. The van der Waals surface area contributed by atoms with Crippen LogP contribution in [0.4, 0.5) is 0 Å². The van der Waals surface area contributed by atoms with Crippen molar-refractivity contribution in [2.24, 2.45) is 0 Å². The molecule has 4 heteroatoms. The molecule has 2 rings (SSSR count). The first kappa shape index (κ1) is 18.7. The molecule has 1 atom stereocenters. The normalized spacial score (nSPS) is 11.8. The summed E-state index contributed by atoms with van der Waals surface area (Å²) in [6.07, 6.45) is 0.726. The van der Waals surface area contributed by atoms with Gasteiger partial charge in [-0.2, -0.15) is 0 Å². The van der Waals surface area contributed by atoms with Crippen molar-refractivity contribution in [2.75, 3.05) is 0 Å². The lowest BCUT2D eigenvalue weighted by atomic mass is 10.0. The molecule has 2 aromatic rings. The van der Waals surface area contributed by atoms with Crippen LogP contribution in [0.1, 0.15) is 44.4 Å². The number of rotatable bonds is 6. The van der Waals surface area contributed by atoms with E-state index in [1.54, 1.807) is 4.90 Å². The summed E-state index contributed by atoms with van der Waals surface area (Å²) in [4.78, 5) is 26.8. The quantitative estimate of drug-likeness (QED) is 0.817. The zero-order valence-corrected chi connectivity index (χ0v) is 15.1. The Hall–Kier alpha value is -2.62. The number of hydrogen-bond donors (Lipinski definition) is 1. The largest absolute Gasteiger partial charge is 0.341 e. The molecule has 0 spiro atoms. The van der Waals surface area contributed by atoms with Crippen molar-refractivity contribution < 1.29 is 9.59 Å². The van der Waals surface area contributed by atoms with Gasteiger partial charge in [0.1, 0.15) is 0 Å². The van der Waals surface area contributed by atoms with E-state index in [0.717, 1.165) is 17.5 Å². The Labute approximate surface area is 149 Å². The molecule has 2 aromatic carbocycles. The Morgan fingerprint density at radius 3 is 2.04 bits per heavy atom. The molecule has 0 radical (unpaired) electrons. The van der Waals surface area contributed by atoms with Crippen LogP contribution in [0.2, 0.25) is 0 Å². The number of carbonyl (C=O) groups excluding carboxylic acids is 2. The molecule has 4 nitrogen and oxygen atoms in total. The van der Waals surface area contributed by atoms with Crippen LogP contribution in [0.25, 0.3) is 0 Å². The van der Waals surface area contributed by atoms with Gasteiger partial charge in [-0.25, -0.2) is 0 Å². The molecule has 0 saturated carbocycles. The van der Waals surface area contributed by atoms with Crippen LogP contribution in [0.15, 0.2) is 60.7 Å². The molecule has 0 fully saturated rings. The molecule has 0 aliphatic carbocycles. The van der Waals surface area contributed by atoms with Crippen molar-refractivity contribution in [1.29, 1.82) is 0 Å². The summed E-state index contributed by atoms with van der Waals surface area (Å²) in [5.41, 5.74) is 2.01. The van der Waals surface area contributed by atoms with Gasteiger partial charge in [0.2, 0.25) is 0 Å². The van der Waals surface area contributed by atoms with Gasteiger partial charge in [0.15, 0.2) is 0 Å². The van der Waals surface area contributed by atoms with Gasteiger partial charge in [0, 0.05) is 12.6 Å². The van der Waals surface area contributed by atoms with Gasteiger partial charge in [-0.3, -0.25) is 9.59 Å². The first-order valence-electron chi connectivity index (χ1n) is 8.73. The van der Waals surface area contributed by atoms with Crippen molar-refractivity contribution >= 4 is 11.8 Å². The molecule has 2 amide bonds. The van der Waals surface area contributed by atoms with Crippen molar-refractivity contribution in [1.82, 2.24) is 10.2 Å². The maximum Gasteiger partial charge on any atom is 0.312 e. The summed E-state index contributed by atoms with van der Waals surface area (Å²) >= 11 is 0. The number of nitrogens with one attached hydrogen (secondary N) is 1. The molecule has 0 heterocycles. The third-order valence-electron chi connectivity index (χ3n) is 4.19. The molecule has 1 N–H and O–H groups in total. The molecule has 0 aromatic heterocycles. The lowest BCUT2D eigenvalue weighted by Gasteiger charge is -2.27. The minimum atomic E-state index is -0.555. The third-order valence-corrected chi connectivity index (χ3v) is 4.19. The smallest absolute Gasteiger partial charge is 0.312 e. The second kappa shape index (κ2) is 9.02. The number of nitrogens with zero attached hydrogens (tertiary/aromatic N) is 1. The van der Waals surface area contributed by atoms with Crippen LogP contribution in [-0.4, -0.2) is 22.8 Å². The molecule has 132 valence electrons. The van der Waals surface area contributed by atoms with Crippen LogP contribution in [0.3, 0.4) is 0 Å². The SMILES string of the molecule is CC[C@@H](NC(=O)C(=O)N(Cc1ccccc1)C(C)C)c1ccccc1. The number of carbonyl (C=O) groups is 2. The average molecular weight is 338 g/mol. The maximum atomic E-state index is 12.7. The van der Waals surface area contributed by atoms with Gasteiger partial charge >= 0.3 is 11.8 Å². The fourth-order valence-corrected chi connectivity index (χ4v) is 2.73. The summed E-state index contributed by atoms with van der Waals surface area (Å²) in [7, 11) is 0. The Bertz CT molecular complexity index is 684. The minimum absolute atomic E-state index is 0.0599. The number of amides is 2. The predicted molar refractivity (Wildman–Crippen MR) is 99.7 cm³/mol. The summed E-state index contributed by atoms with van der Waals surface area (Å²) in [5.74, 6) is -1.05. The lowest BCUT2D eigenvalue weighted by Crippen LogP contribution is -2.46. The van der Waals surface area contributed by atoms with Gasteiger partial charge in [-0.1, -0.05) is 67.6 Å². The Kier molecular flexibility index (Phi) is 6.75. The first-order valence-corrected chi connectivity index (χ1v) is 8.73. The fourth-order valence-electron chi connectivity index (χ4n) is 2.73. The highest BCUT2D eigenvalue weighted by atomic mass is 16.2. The van der Waals surface area contributed by atoms with E-state index in [0.29, 0.717) is 6.54 Å². The van der Waals surface area contributed by atoms with Gasteiger partial charge in [0.05, 0.1) is 6.04 Å². The van der Waals surface area contributed by atoms with E-state index in [1.807, 2.05) is 81.4 Å². The average Bonchev–Trinajstić information content (AvgIpc) is 2.64. The van der Waals surface area contributed by atoms with E-state index in [4.69, 9.17) is 0 Å². The van der Waals surface area contributed by atoms with Crippen molar-refractivity contribution in [3.05, 3.63) is 71.8 Å². The molecule has 0 bridgehead atoms. The van der Waals surface area contributed by atoms with E-state index in [-0.39, 0.29) is 12.1 Å². The van der Waals surface area contributed by atoms with Crippen LogP contribution >= 0.6 is 0 Å². The van der Waals surface area contributed by atoms with Crippen molar-refractivity contribution in [2.45, 2.75) is 45.8 Å². The molecule has 25 heavy (non-hydrogen) atoms. The van der Waals surface area contributed by atoms with E-state index in [1.165, 1.54) is 0 Å². The Balaban J connectivity index is 2.08. The van der Waals surface area contributed by atoms with Crippen molar-refractivity contribution in [3.8, 4) is 0 Å².